The predicted octanol–water partition coefficient (Wildman–Crippen LogP) is 4.25. The van der Waals surface area contributed by atoms with Crippen molar-refractivity contribution in [2.75, 3.05) is 39.8 Å². The van der Waals surface area contributed by atoms with Gasteiger partial charge >= 0.3 is 0 Å². The van der Waals surface area contributed by atoms with Crippen LogP contribution in [0.5, 0.6) is 0 Å². The number of hydrogen-bond donors (Lipinski definition) is 1. The van der Waals surface area contributed by atoms with Crippen molar-refractivity contribution in [2.45, 2.75) is 18.9 Å². The zero-order valence-electron chi connectivity index (χ0n) is 18.7. The summed E-state index contributed by atoms with van der Waals surface area (Å²) >= 11 is 0. The van der Waals surface area contributed by atoms with Gasteiger partial charge in [0.2, 0.25) is 5.91 Å². The van der Waals surface area contributed by atoms with Crippen molar-refractivity contribution < 1.29 is 9.21 Å². The van der Waals surface area contributed by atoms with Crippen LogP contribution in [0.25, 0.3) is 0 Å². The van der Waals surface area contributed by atoms with Crippen LogP contribution in [-0.4, -0.2) is 55.5 Å². The molecule has 0 aliphatic carbocycles. The molecule has 6 heteroatoms. The zero-order valence-corrected chi connectivity index (χ0v) is 19.6. The number of amides is 1. The van der Waals surface area contributed by atoms with Crippen LogP contribution in [0.1, 0.15) is 34.6 Å². The molecule has 0 bridgehead atoms. The molecule has 4 rings (SSSR count). The van der Waals surface area contributed by atoms with Gasteiger partial charge in [0.15, 0.2) is 0 Å². The summed E-state index contributed by atoms with van der Waals surface area (Å²) in [7, 11) is 2.15. The van der Waals surface area contributed by atoms with Crippen molar-refractivity contribution in [1.29, 1.82) is 0 Å². The van der Waals surface area contributed by atoms with Gasteiger partial charge in [0.05, 0.1) is 12.0 Å². The first-order chi connectivity index (χ1) is 15.1. The van der Waals surface area contributed by atoms with Gasteiger partial charge in [-0.05, 0) is 37.2 Å². The summed E-state index contributed by atoms with van der Waals surface area (Å²) in [4.78, 5) is 18.2. The largest absolute Gasteiger partial charge is 0.465 e. The Morgan fingerprint density at radius 2 is 1.47 bits per heavy atom. The Labute approximate surface area is 196 Å². The predicted molar refractivity (Wildman–Crippen MR) is 130 cm³/mol. The fourth-order valence-electron chi connectivity index (χ4n) is 4.26. The van der Waals surface area contributed by atoms with E-state index in [4.69, 9.17) is 4.42 Å². The molecule has 1 N–H and O–H groups in total. The summed E-state index contributed by atoms with van der Waals surface area (Å²) in [6.45, 7) is 6.42. The molecular weight excluding hydrogens is 422 g/mol. The van der Waals surface area contributed by atoms with E-state index >= 15 is 0 Å². The molecular formula is C26H32ClN3O2. The van der Waals surface area contributed by atoms with E-state index in [1.54, 1.807) is 0 Å². The molecule has 32 heavy (non-hydrogen) atoms. The number of nitrogens with zero attached hydrogens (tertiary/aromatic N) is 2. The van der Waals surface area contributed by atoms with E-state index in [1.165, 1.54) is 0 Å². The Morgan fingerprint density at radius 1 is 0.906 bits per heavy atom. The van der Waals surface area contributed by atoms with E-state index in [0.717, 1.165) is 48.8 Å². The minimum atomic E-state index is -0.339. The molecule has 3 aromatic rings. The number of halogens is 1. The normalized spacial score (nSPS) is 15.8. The summed E-state index contributed by atoms with van der Waals surface area (Å²) in [5.74, 6) is 1.49. The quantitative estimate of drug-likeness (QED) is 0.581. The lowest BCUT2D eigenvalue weighted by atomic mass is 9.90. The molecule has 1 fully saturated rings. The minimum absolute atomic E-state index is 0. The van der Waals surface area contributed by atoms with Gasteiger partial charge in [0, 0.05) is 32.7 Å². The van der Waals surface area contributed by atoms with E-state index in [-0.39, 0.29) is 30.3 Å². The highest BCUT2D eigenvalue weighted by Gasteiger charge is 2.29. The van der Waals surface area contributed by atoms with Crippen molar-refractivity contribution in [2.24, 2.45) is 0 Å². The van der Waals surface area contributed by atoms with Gasteiger partial charge in [-0.1, -0.05) is 60.7 Å². The van der Waals surface area contributed by atoms with Gasteiger partial charge in [-0.3, -0.25) is 9.69 Å². The van der Waals surface area contributed by atoms with Crippen LogP contribution >= 0.6 is 12.4 Å². The number of nitrogens with one attached hydrogen (secondary N) is 1. The third kappa shape index (κ3) is 5.80. The lowest BCUT2D eigenvalue weighted by molar-refractivity contribution is -0.122. The van der Waals surface area contributed by atoms with E-state index in [9.17, 15) is 4.79 Å². The number of benzene rings is 2. The van der Waals surface area contributed by atoms with Gasteiger partial charge in [0.25, 0.3) is 0 Å². The standard InChI is InChI=1S/C26H31N3O2.ClH/c1-20-13-14-24(31-20)23(29-17-15-28(2)16-18-29)19-27-26(30)25(21-9-5-3-6-10-21)22-11-7-4-8-12-22;/h3-14,23,25H,15-19H2,1-2H3,(H,27,30);1H. The number of piperazine rings is 1. The van der Waals surface area contributed by atoms with E-state index < -0.39 is 0 Å². The summed E-state index contributed by atoms with van der Waals surface area (Å²) in [5, 5.41) is 3.24. The summed E-state index contributed by atoms with van der Waals surface area (Å²) in [5.41, 5.74) is 1.99. The Kier molecular flexibility index (Phi) is 8.51. The number of carbonyl (C=O) groups excluding carboxylic acids is 1. The third-order valence-electron chi connectivity index (χ3n) is 6.07. The summed E-state index contributed by atoms with van der Waals surface area (Å²) in [6, 6.07) is 24.0. The Hall–Kier alpha value is -2.60. The van der Waals surface area contributed by atoms with E-state index in [2.05, 4.69) is 22.2 Å². The molecule has 1 aliphatic rings. The number of likely N-dealkylation sites (N-methyl/N-ethyl adjacent to an activating group) is 1. The monoisotopic (exact) mass is 453 g/mol. The molecule has 2 aromatic carbocycles. The Morgan fingerprint density at radius 3 is 1.97 bits per heavy atom. The highest BCUT2D eigenvalue weighted by atomic mass is 35.5. The highest BCUT2D eigenvalue weighted by Crippen LogP contribution is 2.27. The lowest BCUT2D eigenvalue weighted by Crippen LogP contribution is -2.48. The first-order valence-electron chi connectivity index (χ1n) is 11.0. The Balaban J connectivity index is 0.00000289. The molecule has 0 radical (unpaired) electrons. The maximum Gasteiger partial charge on any atom is 0.232 e. The average Bonchev–Trinajstić information content (AvgIpc) is 3.23. The van der Waals surface area contributed by atoms with Crippen molar-refractivity contribution in [3.05, 3.63) is 95.4 Å². The van der Waals surface area contributed by atoms with Crippen molar-refractivity contribution in [3.8, 4) is 0 Å². The van der Waals surface area contributed by atoms with Gasteiger partial charge in [0.1, 0.15) is 11.5 Å². The van der Waals surface area contributed by atoms with Gasteiger partial charge < -0.3 is 14.6 Å². The van der Waals surface area contributed by atoms with Crippen LogP contribution in [0.15, 0.2) is 77.2 Å². The van der Waals surface area contributed by atoms with Crippen LogP contribution in [0.3, 0.4) is 0 Å². The average molecular weight is 454 g/mol. The fraction of sp³-hybridized carbons (Fsp3) is 0.346. The molecule has 0 spiro atoms. The first-order valence-corrected chi connectivity index (χ1v) is 11.0. The molecule has 0 saturated carbocycles. The molecule has 5 nitrogen and oxygen atoms in total. The molecule has 1 unspecified atom stereocenters. The molecule has 2 heterocycles. The molecule has 1 atom stereocenters. The minimum Gasteiger partial charge on any atom is -0.465 e. The fourth-order valence-corrected chi connectivity index (χ4v) is 4.26. The number of rotatable bonds is 7. The van der Waals surface area contributed by atoms with Gasteiger partial charge in [-0.15, -0.1) is 12.4 Å². The van der Waals surface area contributed by atoms with Crippen LogP contribution in [0.4, 0.5) is 0 Å². The summed E-state index contributed by atoms with van der Waals surface area (Å²) < 4.78 is 5.98. The van der Waals surface area contributed by atoms with Crippen LogP contribution in [-0.2, 0) is 4.79 Å². The highest BCUT2D eigenvalue weighted by molar-refractivity contribution is 5.87. The lowest BCUT2D eigenvalue weighted by Gasteiger charge is -2.37. The zero-order chi connectivity index (χ0) is 21.6. The second-order valence-corrected chi connectivity index (χ2v) is 8.30. The van der Waals surface area contributed by atoms with Crippen LogP contribution in [0, 0.1) is 6.92 Å². The maximum atomic E-state index is 13.5. The van der Waals surface area contributed by atoms with Crippen molar-refractivity contribution in [1.82, 2.24) is 15.1 Å². The summed E-state index contributed by atoms with van der Waals surface area (Å²) in [6.07, 6.45) is 0. The SMILES string of the molecule is Cc1ccc(C(CNC(=O)C(c2ccccc2)c2ccccc2)N2CCN(C)CC2)o1.Cl. The molecule has 1 saturated heterocycles. The third-order valence-corrected chi connectivity index (χ3v) is 6.07. The molecule has 1 amide bonds. The number of hydrogen-bond acceptors (Lipinski definition) is 4. The number of aryl methyl sites for hydroxylation is 1. The van der Waals surface area contributed by atoms with E-state index in [0.29, 0.717) is 6.54 Å². The van der Waals surface area contributed by atoms with E-state index in [1.807, 2.05) is 79.7 Å². The first kappa shape index (κ1) is 24.1. The second kappa shape index (κ2) is 11.3. The number of furan rings is 1. The van der Waals surface area contributed by atoms with Gasteiger partial charge in [-0.25, -0.2) is 0 Å². The number of carbonyl (C=O) groups is 1. The van der Waals surface area contributed by atoms with Crippen molar-refractivity contribution in [3.63, 3.8) is 0 Å². The molecule has 170 valence electrons. The topological polar surface area (TPSA) is 48.7 Å². The maximum absolute atomic E-state index is 13.5. The Bertz CT molecular complexity index is 930. The smallest absolute Gasteiger partial charge is 0.232 e. The van der Waals surface area contributed by atoms with Gasteiger partial charge in [-0.2, -0.15) is 0 Å². The van der Waals surface area contributed by atoms with Crippen molar-refractivity contribution >= 4 is 18.3 Å². The molecule has 1 aliphatic heterocycles. The van der Waals surface area contributed by atoms with Crippen LogP contribution in [0.2, 0.25) is 0 Å². The second-order valence-electron chi connectivity index (χ2n) is 8.30. The molecule has 1 aromatic heterocycles. The van der Waals surface area contributed by atoms with Crippen LogP contribution < -0.4 is 5.32 Å².